The highest BCUT2D eigenvalue weighted by atomic mass is 79.9. The molecule has 19 heavy (non-hydrogen) atoms. The second kappa shape index (κ2) is 5.28. The maximum atomic E-state index is 12.2. The van der Waals surface area contributed by atoms with Crippen molar-refractivity contribution in [1.82, 2.24) is 4.98 Å². The van der Waals surface area contributed by atoms with Crippen molar-refractivity contribution in [2.75, 3.05) is 4.72 Å². The SMILES string of the molecule is Cc1ccc(C#N)cc1S(=O)(=O)Nc1ncc(Br)s1. The van der Waals surface area contributed by atoms with E-state index in [1.165, 1.54) is 23.6 Å². The summed E-state index contributed by atoms with van der Waals surface area (Å²) in [5.74, 6) is 0. The van der Waals surface area contributed by atoms with Crippen LogP contribution in [0.4, 0.5) is 5.13 Å². The van der Waals surface area contributed by atoms with Crippen LogP contribution in [-0.4, -0.2) is 13.4 Å². The fraction of sp³-hybridized carbons (Fsp3) is 0.0909. The first-order valence-corrected chi connectivity index (χ1v) is 8.16. The Labute approximate surface area is 123 Å². The largest absolute Gasteiger partial charge is 0.263 e. The molecule has 1 aromatic heterocycles. The second-order valence-corrected chi connectivity index (χ2v) is 7.73. The van der Waals surface area contributed by atoms with Crippen molar-refractivity contribution in [2.24, 2.45) is 0 Å². The molecule has 0 saturated heterocycles. The number of nitriles is 1. The molecule has 1 N–H and O–H groups in total. The van der Waals surface area contributed by atoms with Crippen molar-refractivity contribution >= 4 is 42.4 Å². The number of anilines is 1. The number of benzene rings is 1. The van der Waals surface area contributed by atoms with E-state index < -0.39 is 10.0 Å². The predicted octanol–water partition coefficient (Wildman–Crippen LogP) is 2.89. The lowest BCUT2D eigenvalue weighted by atomic mass is 10.2. The normalized spacial score (nSPS) is 11.0. The molecule has 0 spiro atoms. The molecule has 0 aliphatic carbocycles. The van der Waals surface area contributed by atoms with Gasteiger partial charge in [0.15, 0.2) is 5.13 Å². The summed E-state index contributed by atoms with van der Waals surface area (Å²) in [7, 11) is -3.74. The van der Waals surface area contributed by atoms with Gasteiger partial charge in [-0.1, -0.05) is 17.4 Å². The summed E-state index contributed by atoms with van der Waals surface area (Å²) in [6, 6.07) is 6.45. The highest BCUT2D eigenvalue weighted by Gasteiger charge is 2.19. The van der Waals surface area contributed by atoms with Crippen molar-refractivity contribution in [3.63, 3.8) is 0 Å². The van der Waals surface area contributed by atoms with E-state index in [1.807, 2.05) is 6.07 Å². The molecule has 1 heterocycles. The van der Waals surface area contributed by atoms with Gasteiger partial charge in [-0.3, -0.25) is 4.72 Å². The number of nitrogens with zero attached hydrogens (tertiary/aromatic N) is 2. The van der Waals surface area contributed by atoms with Gasteiger partial charge in [0.2, 0.25) is 0 Å². The molecule has 0 fully saturated rings. The van der Waals surface area contributed by atoms with Gasteiger partial charge in [0.25, 0.3) is 10.0 Å². The third-order valence-electron chi connectivity index (χ3n) is 2.31. The van der Waals surface area contributed by atoms with Crippen LogP contribution in [0.2, 0.25) is 0 Å². The number of aromatic nitrogens is 1. The quantitative estimate of drug-likeness (QED) is 0.915. The molecule has 0 saturated carbocycles. The number of hydrogen-bond donors (Lipinski definition) is 1. The molecule has 0 amide bonds. The molecule has 2 rings (SSSR count). The topological polar surface area (TPSA) is 82.8 Å². The molecule has 0 atom stereocenters. The van der Waals surface area contributed by atoms with Gasteiger partial charge in [-0.15, -0.1) is 0 Å². The average molecular weight is 358 g/mol. The first kappa shape index (κ1) is 14.0. The van der Waals surface area contributed by atoms with Crippen LogP contribution in [0.25, 0.3) is 0 Å². The summed E-state index contributed by atoms with van der Waals surface area (Å²) < 4.78 is 27.6. The van der Waals surface area contributed by atoms with E-state index in [-0.39, 0.29) is 10.0 Å². The lowest BCUT2D eigenvalue weighted by Crippen LogP contribution is -2.14. The van der Waals surface area contributed by atoms with Gasteiger partial charge in [-0.05, 0) is 40.5 Å². The van der Waals surface area contributed by atoms with Crippen LogP contribution in [0, 0.1) is 18.3 Å². The predicted molar refractivity (Wildman–Crippen MR) is 76.5 cm³/mol. The van der Waals surface area contributed by atoms with Crippen LogP contribution < -0.4 is 4.72 Å². The van der Waals surface area contributed by atoms with Crippen molar-refractivity contribution in [2.45, 2.75) is 11.8 Å². The Kier molecular flexibility index (Phi) is 3.89. The Morgan fingerprint density at radius 1 is 1.47 bits per heavy atom. The highest BCUT2D eigenvalue weighted by molar-refractivity contribution is 9.11. The van der Waals surface area contributed by atoms with Crippen LogP contribution in [0.5, 0.6) is 0 Å². The summed E-state index contributed by atoms with van der Waals surface area (Å²) in [5.41, 5.74) is 0.869. The molecule has 1 aromatic carbocycles. The van der Waals surface area contributed by atoms with Gasteiger partial charge in [-0.2, -0.15) is 5.26 Å². The lowest BCUT2D eigenvalue weighted by molar-refractivity contribution is 0.600. The van der Waals surface area contributed by atoms with Crippen LogP contribution in [0.1, 0.15) is 11.1 Å². The summed E-state index contributed by atoms with van der Waals surface area (Å²) >= 11 is 4.39. The lowest BCUT2D eigenvalue weighted by Gasteiger charge is -2.08. The Bertz CT molecular complexity index is 762. The van der Waals surface area contributed by atoms with E-state index in [2.05, 4.69) is 25.6 Å². The zero-order chi connectivity index (χ0) is 14.0. The minimum atomic E-state index is -3.74. The van der Waals surface area contributed by atoms with Crippen LogP contribution in [0.15, 0.2) is 33.1 Å². The maximum Gasteiger partial charge on any atom is 0.263 e. The molecule has 0 radical (unpaired) electrons. The summed E-state index contributed by atoms with van der Waals surface area (Å²) in [5, 5.41) is 9.10. The molecule has 0 aliphatic rings. The smallest absolute Gasteiger partial charge is 0.255 e. The number of thiazole rings is 1. The van der Waals surface area contributed by atoms with Crippen molar-refractivity contribution in [3.05, 3.63) is 39.3 Å². The van der Waals surface area contributed by atoms with Gasteiger partial charge >= 0.3 is 0 Å². The molecule has 98 valence electrons. The first-order chi connectivity index (χ1) is 8.92. The Morgan fingerprint density at radius 3 is 2.79 bits per heavy atom. The van der Waals surface area contributed by atoms with Crippen molar-refractivity contribution < 1.29 is 8.42 Å². The number of rotatable bonds is 3. The minimum Gasteiger partial charge on any atom is -0.255 e. The fourth-order valence-electron chi connectivity index (χ4n) is 1.43. The van der Waals surface area contributed by atoms with Gasteiger partial charge < -0.3 is 0 Å². The number of hydrogen-bond acceptors (Lipinski definition) is 5. The van der Waals surface area contributed by atoms with Gasteiger partial charge in [0.1, 0.15) is 0 Å². The Hall–Kier alpha value is -1.43. The maximum absolute atomic E-state index is 12.2. The Morgan fingerprint density at radius 2 is 2.21 bits per heavy atom. The molecular formula is C11H8BrN3O2S2. The zero-order valence-electron chi connectivity index (χ0n) is 9.71. The van der Waals surface area contributed by atoms with E-state index in [9.17, 15) is 8.42 Å². The highest BCUT2D eigenvalue weighted by Crippen LogP contribution is 2.26. The molecule has 0 aliphatic heterocycles. The molecule has 0 unspecified atom stereocenters. The fourth-order valence-corrected chi connectivity index (χ4v) is 4.05. The summed E-state index contributed by atoms with van der Waals surface area (Å²) in [6.45, 7) is 1.67. The minimum absolute atomic E-state index is 0.0814. The van der Waals surface area contributed by atoms with E-state index in [4.69, 9.17) is 5.26 Å². The molecule has 0 bridgehead atoms. The second-order valence-electron chi connectivity index (χ2n) is 3.67. The van der Waals surface area contributed by atoms with E-state index >= 15 is 0 Å². The first-order valence-electron chi connectivity index (χ1n) is 5.07. The van der Waals surface area contributed by atoms with Crippen molar-refractivity contribution in [3.8, 4) is 6.07 Å². The number of sulfonamides is 1. The van der Waals surface area contributed by atoms with Gasteiger partial charge in [-0.25, -0.2) is 13.4 Å². The number of nitrogens with one attached hydrogen (secondary N) is 1. The van der Waals surface area contributed by atoms with E-state index in [1.54, 1.807) is 19.1 Å². The van der Waals surface area contributed by atoms with Crippen LogP contribution in [-0.2, 0) is 10.0 Å². The number of halogens is 1. The zero-order valence-corrected chi connectivity index (χ0v) is 12.9. The van der Waals surface area contributed by atoms with E-state index in [0.717, 1.165) is 3.79 Å². The van der Waals surface area contributed by atoms with E-state index in [0.29, 0.717) is 11.1 Å². The Balaban J connectivity index is 2.42. The standard InChI is InChI=1S/C11H8BrN3O2S2/c1-7-2-3-8(5-13)4-9(7)19(16,17)15-11-14-6-10(12)18-11/h2-4,6H,1H3,(H,14,15). The molecule has 2 aromatic rings. The molecular weight excluding hydrogens is 350 g/mol. The average Bonchev–Trinajstić information content (AvgIpc) is 2.74. The van der Waals surface area contributed by atoms with Gasteiger partial charge in [0, 0.05) is 0 Å². The van der Waals surface area contributed by atoms with Crippen molar-refractivity contribution in [1.29, 1.82) is 5.26 Å². The van der Waals surface area contributed by atoms with Crippen LogP contribution >= 0.6 is 27.3 Å². The monoisotopic (exact) mass is 357 g/mol. The van der Waals surface area contributed by atoms with Gasteiger partial charge in [0.05, 0.1) is 26.5 Å². The molecule has 8 heteroatoms. The third kappa shape index (κ3) is 3.12. The summed E-state index contributed by atoms with van der Waals surface area (Å²) in [6.07, 6.45) is 1.51. The molecule has 5 nitrogen and oxygen atoms in total. The summed E-state index contributed by atoms with van der Waals surface area (Å²) in [4.78, 5) is 4.00. The number of aryl methyl sites for hydroxylation is 1. The third-order valence-corrected chi connectivity index (χ3v) is 5.31. The van der Waals surface area contributed by atoms with Crippen LogP contribution in [0.3, 0.4) is 0 Å².